The van der Waals surface area contributed by atoms with Gasteiger partial charge in [0.2, 0.25) is 0 Å². The quantitative estimate of drug-likeness (QED) is 0.709. The van der Waals surface area contributed by atoms with E-state index >= 15 is 0 Å². The number of carbonyl (C=O) groups excluding carboxylic acids is 1. The molecule has 0 saturated carbocycles. The van der Waals surface area contributed by atoms with Crippen LogP contribution in [0.2, 0.25) is 0 Å². The summed E-state index contributed by atoms with van der Waals surface area (Å²) in [5.41, 5.74) is 2.57. The highest BCUT2D eigenvalue weighted by Crippen LogP contribution is 2.44. The maximum atomic E-state index is 12.7. The van der Waals surface area contributed by atoms with Crippen LogP contribution in [-0.2, 0) is 12.8 Å². The van der Waals surface area contributed by atoms with Gasteiger partial charge in [-0.05, 0) is 74.3 Å². The molecular formula is C23H28N2O2S. The van der Waals surface area contributed by atoms with Crippen molar-refractivity contribution in [1.29, 1.82) is 5.26 Å². The molecule has 1 amide bonds. The summed E-state index contributed by atoms with van der Waals surface area (Å²) in [6.45, 7) is 10.8. The maximum Gasteiger partial charge on any atom is 0.256 e. The molecule has 0 spiro atoms. The molecule has 4 nitrogen and oxygen atoms in total. The largest absolute Gasteiger partial charge is 0.491 e. The number of benzene rings is 1. The zero-order chi connectivity index (χ0) is 20.5. The van der Waals surface area contributed by atoms with E-state index in [4.69, 9.17) is 4.74 Å². The summed E-state index contributed by atoms with van der Waals surface area (Å²) in [6, 6.07) is 9.42. The highest BCUT2D eigenvalue weighted by atomic mass is 32.1. The summed E-state index contributed by atoms with van der Waals surface area (Å²) in [4.78, 5) is 13.9. The fourth-order valence-electron chi connectivity index (χ4n) is 3.66. The fourth-order valence-corrected chi connectivity index (χ4v) is 4.94. The lowest BCUT2D eigenvalue weighted by atomic mass is 9.72. The summed E-state index contributed by atoms with van der Waals surface area (Å²) < 4.78 is 5.62. The van der Waals surface area contributed by atoms with Crippen molar-refractivity contribution < 1.29 is 9.53 Å². The van der Waals surface area contributed by atoms with Crippen molar-refractivity contribution in [3.8, 4) is 11.8 Å². The van der Waals surface area contributed by atoms with E-state index in [1.54, 1.807) is 35.6 Å². The molecule has 0 bridgehead atoms. The van der Waals surface area contributed by atoms with Gasteiger partial charge in [0.15, 0.2) is 0 Å². The predicted octanol–water partition coefficient (Wildman–Crippen LogP) is 5.81. The molecule has 148 valence electrons. The van der Waals surface area contributed by atoms with Crippen molar-refractivity contribution >= 4 is 22.2 Å². The van der Waals surface area contributed by atoms with Crippen LogP contribution in [0.15, 0.2) is 24.3 Å². The molecule has 1 aromatic heterocycles. The van der Waals surface area contributed by atoms with Gasteiger partial charge < -0.3 is 10.1 Å². The van der Waals surface area contributed by atoms with Gasteiger partial charge in [0, 0.05) is 10.4 Å². The number of amides is 1. The molecule has 2 aromatic rings. The number of fused-ring (bicyclic) bond motifs is 1. The monoisotopic (exact) mass is 396 g/mol. The van der Waals surface area contributed by atoms with Crippen LogP contribution in [0.4, 0.5) is 5.00 Å². The number of hydrogen-bond donors (Lipinski definition) is 1. The summed E-state index contributed by atoms with van der Waals surface area (Å²) in [6.07, 6.45) is 3.07. The average Bonchev–Trinajstić information content (AvgIpc) is 2.97. The van der Waals surface area contributed by atoms with E-state index in [0.717, 1.165) is 30.6 Å². The predicted molar refractivity (Wildman–Crippen MR) is 114 cm³/mol. The van der Waals surface area contributed by atoms with Crippen LogP contribution in [0.5, 0.6) is 5.75 Å². The summed E-state index contributed by atoms with van der Waals surface area (Å²) >= 11 is 1.56. The molecule has 1 aliphatic carbocycles. The van der Waals surface area contributed by atoms with Crippen molar-refractivity contribution in [2.75, 3.05) is 5.32 Å². The van der Waals surface area contributed by atoms with Crippen LogP contribution >= 0.6 is 11.3 Å². The van der Waals surface area contributed by atoms with Gasteiger partial charge in [-0.15, -0.1) is 11.3 Å². The summed E-state index contributed by atoms with van der Waals surface area (Å²) in [5, 5.41) is 13.3. The Bertz CT molecular complexity index is 898. The van der Waals surface area contributed by atoms with Crippen LogP contribution in [0.25, 0.3) is 0 Å². The third kappa shape index (κ3) is 4.39. The Balaban J connectivity index is 1.79. The lowest BCUT2D eigenvalue weighted by Crippen LogP contribution is -2.26. The van der Waals surface area contributed by atoms with Gasteiger partial charge in [-0.2, -0.15) is 5.26 Å². The van der Waals surface area contributed by atoms with E-state index < -0.39 is 0 Å². The number of anilines is 1. The third-order valence-corrected chi connectivity index (χ3v) is 6.49. The minimum Gasteiger partial charge on any atom is -0.491 e. The molecule has 0 saturated heterocycles. The summed E-state index contributed by atoms with van der Waals surface area (Å²) in [5.74, 6) is 1.14. The molecule has 5 heteroatoms. The van der Waals surface area contributed by atoms with Crippen molar-refractivity contribution in [1.82, 2.24) is 0 Å². The van der Waals surface area contributed by atoms with E-state index in [-0.39, 0.29) is 17.4 Å². The zero-order valence-corrected chi connectivity index (χ0v) is 18.1. The molecule has 3 rings (SSSR count). The highest BCUT2D eigenvalue weighted by Gasteiger charge is 2.32. The summed E-state index contributed by atoms with van der Waals surface area (Å²) in [7, 11) is 0. The Labute approximate surface area is 171 Å². The second-order valence-electron chi connectivity index (χ2n) is 8.77. The molecule has 1 atom stereocenters. The van der Waals surface area contributed by atoms with Gasteiger partial charge in [-0.25, -0.2) is 0 Å². The first-order valence-electron chi connectivity index (χ1n) is 9.81. The molecule has 1 heterocycles. The second-order valence-corrected chi connectivity index (χ2v) is 9.88. The Hall–Kier alpha value is -2.32. The van der Waals surface area contributed by atoms with E-state index in [0.29, 0.717) is 22.0 Å². The van der Waals surface area contributed by atoms with E-state index in [1.807, 2.05) is 13.8 Å². The number of nitriles is 1. The SMILES string of the molecule is CC(C)Oc1ccc(C(=O)Nc2sc3c(c2C#N)CC[C@H](C(C)(C)C)C3)cc1. The fraction of sp³-hybridized carbons (Fsp3) is 0.478. The first kappa shape index (κ1) is 20.4. The number of carbonyl (C=O) groups is 1. The average molecular weight is 397 g/mol. The minimum absolute atomic E-state index is 0.0900. The molecule has 28 heavy (non-hydrogen) atoms. The van der Waals surface area contributed by atoms with Gasteiger partial charge in [0.25, 0.3) is 5.91 Å². The number of hydrogen-bond acceptors (Lipinski definition) is 4. The number of ether oxygens (including phenoxy) is 1. The van der Waals surface area contributed by atoms with Crippen LogP contribution in [-0.4, -0.2) is 12.0 Å². The Kier molecular flexibility index (Phi) is 5.81. The first-order valence-corrected chi connectivity index (χ1v) is 10.6. The van der Waals surface area contributed by atoms with Gasteiger partial charge in [-0.1, -0.05) is 20.8 Å². The lowest BCUT2D eigenvalue weighted by molar-refractivity contribution is 0.102. The zero-order valence-electron chi connectivity index (χ0n) is 17.3. The molecule has 0 unspecified atom stereocenters. The Morgan fingerprint density at radius 3 is 2.54 bits per heavy atom. The van der Waals surface area contributed by atoms with Gasteiger partial charge in [-0.3, -0.25) is 4.79 Å². The van der Waals surface area contributed by atoms with E-state index in [1.165, 1.54) is 4.88 Å². The van der Waals surface area contributed by atoms with E-state index in [9.17, 15) is 10.1 Å². The number of rotatable bonds is 4. The maximum absolute atomic E-state index is 12.7. The van der Waals surface area contributed by atoms with E-state index in [2.05, 4.69) is 32.2 Å². The van der Waals surface area contributed by atoms with Crippen molar-refractivity contribution in [3.05, 3.63) is 45.8 Å². The van der Waals surface area contributed by atoms with Crippen molar-refractivity contribution in [3.63, 3.8) is 0 Å². The molecule has 0 fully saturated rings. The highest BCUT2D eigenvalue weighted by molar-refractivity contribution is 7.16. The molecule has 0 aliphatic heterocycles. The lowest BCUT2D eigenvalue weighted by Gasteiger charge is -2.33. The van der Waals surface area contributed by atoms with Crippen molar-refractivity contribution in [2.45, 2.75) is 60.0 Å². The Morgan fingerprint density at radius 1 is 1.29 bits per heavy atom. The molecule has 1 aliphatic rings. The van der Waals surface area contributed by atoms with Gasteiger partial charge in [0.1, 0.15) is 16.8 Å². The number of nitrogens with one attached hydrogen (secondary N) is 1. The first-order chi connectivity index (χ1) is 13.2. The number of thiophene rings is 1. The van der Waals surface area contributed by atoms with Crippen LogP contribution in [0.3, 0.4) is 0 Å². The van der Waals surface area contributed by atoms with Crippen LogP contribution in [0.1, 0.15) is 67.4 Å². The third-order valence-electron chi connectivity index (χ3n) is 5.32. The number of nitrogens with zero attached hydrogens (tertiary/aromatic N) is 1. The second kappa shape index (κ2) is 7.97. The molecular weight excluding hydrogens is 368 g/mol. The van der Waals surface area contributed by atoms with Gasteiger partial charge in [0.05, 0.1) is 11.7 Å². The topological polar surface area (TPSA) is 62.1 Å². The molecule has 0 radical (unpaired) electrons. The normalized spacial score (nSPS) is 16.4. The molecule has 1 aromatic carbocycles. The Morgan fingerprint density at radius 2 is 1.96 bits per heavy atom. The molecule has 1 N–H and O–H groups in total. The smallest absolute Gasteiger partial charge is 0.256 e. The minimum atomic E-state index is -0.196. The standard InChI is InChI=1S/C23H28N2O2S/c1-14(2)27-17-9-6-15(7-10-17)21(26)25-22-19(13-24)18-11-8-16(23(3,4)5)12-20(18)28-22/h6-7,9-10,14,16H,8,11-12H2,1-5H3,(H,25,26)/t16-/m0/s1. The van der Waals surface area contributed by atoms with Crippen molar-refractivity contribution in [2.24, 2.45) is 11.3 Å². The van der Waals surface area contributed by atoms with Gasteiger partial charge >= 0.3 is 0 Å². The van der Waals surface area contributed by atoms with Crippen LogP contribution < -0.4 is 10.1 Å². The van der Waals surface area contributed by atoms with Crippen LogP contribution in [0, 0.1) is 22.7 Å².